The van der Waals surface area contributed by atoms with Crippen molar-refractivity contribution in [2.45, 2.75) is 13.1 Å². The maximum absolute atomic E-state index is 13.7. The first-order valence-corrected chi connectivity index (χ1v) is 7.60. The second-order valence-corrected chi connectivity index (χ2v) is 5.59. The Labute approximate surface area is 142 Å². The number of fused-ring (bicyclic) bond motifs is 1. The molecule has 0 aliphatic rings. The molecule has 0 radical (unpaired) electrons. The monoisotopic (exact) mass is 344 g/mol. The summed E-state index contributed by atoms with van der Waals surface area (Å²) in [5.74, 6) is -0.645. The topological polar surface area (TPSA) is 68.8 Å². The second-order valence-electron chi connectivity index (χ2n) is 5.59. The van der Waals surface area contributed by atoms with Gasteiger partial charge in [0.2, 0.25) is 5.91 Å². The zero-order valence-electron chi connectivity index (χ0n) is 13.8. The van der Waals surface area contributed by atoms with Gasteiger partial charge in [-0.05, 0) is 29.8 Å². The minimum atomic E-state index is -0.489. The molecule has 0 saturated carbocycles. The molecule has 2 heterocycles. The number of amides is 1. The van der Waals surface area contributed by atoms with Gasteiger partial charge >= 0.3 is 5.69 Å². The summed E-state index contributed by atoms with van der Waals surface area (Å²) in [6.07, 6.45) is 1.59. The maximum atomic E-state index is 13.7. The number of ether oxygens (including phenoxy) is 1. The van der Waals surface area contributed by atoms with E-state index in [9.17, 15) is 14.0 Å². The Morgan fingerprint density at radius 1 is 1.32 bits per heavy atom. The molecule has 1 amide bonds. The minimum Gasteiger partial charge on any atom is -0.494 e. The SMILES string of the molecule is COc1ccc(CN(C)C(=O)Cn2nc3ccccn3c2=O)cc1F. The van der Waals surface area contributed by atoms with E-state index in [-0.39, 0.29) is 30.4 Å². The van der Waals surface area contributed by atoms with E-state index in [2.05, 4.69) is 5.10 Å². The summed E-state index contributed by atoms with van der Waals surface area (Å²) in [6.45, 7) is 0.0253. The normalized spacial score (nSPS) is 10.8. The number of pyridine rings is 1. The van der Waals surface area contributed by atoms with Crippen molar-refractivity contribution >= 4 is 11.6 Å². The van der Waals surface area contributed by atoms with Gasteiger partial charge in [-0.15, -0.1) is 5.10 Å². The van der Waals surface area contributed by atoms with Crippen LogP contribution in [0.5, 0.6) is 5.75 Å². The van der Waals surface area contributed by atoms with Crippen molar-refractivity contribution in [3.05, 3.63) is 64.5 Å². The van der Waals surface area contributed by atoms with Crippen LogP contribution in [0.3, 0.4) is 0 Å². The van der Waals surface area contributed by atoms with E-state index in [0.717, 1.165) is 4.68 Å². The molecule has 0 atom stereocenters. The number of hydrogen-bond acceptors (Lipinski definition) is 4. The van der Waals surface area contributed by atoms with Crippen molar-refractivity contribution in [1.82, 2.24) is 19.1 Å². The molecule has 0 spiro atoms. The molecular formula is C17H17FN4O3. The average molecular weight is 344 g/mol. The Morgan fingerprint density at radius 3 is 2.80 bits per heavy atom. The summed E-state index contributed by atoms with van der Waals surface area (Å²) >= 11 is 0. The summed E-state index contributed by atoms with van der Waals surface area (Å²) in [5, 5.41) is 4.12. The van der Waals surface area contributed by atoms with E-state index in [1.165, 1.54) is 28.5 Å². The molecule has 0 aliphatic heterocycles. The standard InChI is InChI=1S/C17H17FN4O3/c1-20(10-12-6-7-14(25-2)13(18)9-12)16(23)11-22-17(24)21-8-4-3-5-15(21)19-22/h3-9H,10-11H2,1-2H3. The van der Waals surface area contributed by atoms with E-state index in [1.807, 2.05) is 0 Å². The highest BCUT2D eigenvalue weighted by Crippen LogP contribution is 2.18. The molecule has 3 aromatic rings. The number of likely N-dealkylation sites (N-methyl/N-ethyl adjacent to an activating group) is 1. The quantitative estimate of drug-likeness (QED) is 0.700. The van der Waals surface area contributed by atoms with Gasteiger partial charge in [-0.1, -0.05) is 12.1 Å². The van der Waals surface area contributed by atoms with Gasteiger partial charge in [-0.3, -0.25) is 9.20 Å². The molecule has 0 saturated heterocycles. The molecule has 8 heteroatoms. The van der Waals surface area contributed by atoms with Crippen molar-refractivity contribution < 1.29 is 13.9 Å². The molecule has 2 aromatic heterocycles. The van der Waals surface area contributed by atoms with Crippen LogP contribution in [0.2, 0.25) is 0 Å². The van der Waals surface area contributed by atoms with Gasteiger partial charge in [0.15, 0.2) is 17.2 Å². The van der Waals surface area contributed by atoms with Crippen LogP contribution < -0.4 is 10.4 Å². The fourth-order valence-corrected chi connectivity index (χ4v) is 2.49. The van der Waals surface area contributed by atoms with E-state index < -0.39 is 5.82 Å². The van der Waals surface area contributed by atoms with Crippen LogP contribution in [0.1, 0.15) is 5.56 Å². The minimum absolute atomic E-state index is 0.147. The highest BCUT2D eigenvalue weighted by atomic mass is 19.1. The Hall–Kier alpha value is -3.16. The van der Waals surface area contributed by atoms with Crippen molar-refractivity contribution in [1.29, 1.82) is 0 Å². The summed E-state index contributed by atoms with van der Waals surface area (Å²) in [4.78, 5) is 26.0. The Kier molecular flexibility index (Phi) is 4.51. The number of carbonyl (C=O) groups excluding carboxylic acids is 1. The highest BCUT2D eigenvalue weighted by Gasteiger charge is 2.15. The van der Waals surface area contributed by atoms with Gasteiger partial charge in [-0.2, -0.15) is 0 Å². The number of rotatable bonds is 5. The lowest BCUT2D eigenvalue weighted by atomic mass is 10.2. The first kappa shape index (κ1) is 16.7. The van der Waals surface area contributed by atoms with E-state index >= 15 is 0 Å². The molecule has 0 fully saturated rings. The molecular weight excluding hydrogens is 327 g/mol. The second kappa shape index (κ2) is 6.76. The lowest BCUT2D eigenvalue weighted by molar-refractivity contribution is -0.131. The Morgan fingerprint density at radius 2 is 2.12 bits per heavy atom. The molecule has 0 unspecified atom stereocenters. The fraction of sp³-hybridized carbons (Fsp3) is 0.235. The Balaban J connectivity index is 1.73. The third-order valence-corrected chi connectivity index (χ3v) is 3.84. The number of aromatic nitrogens is 3. The largest absolute Gasteiger partial charge is 0.494 e. The van der Waals surface area contributed by atoms with Crippen LogP contribution in [0.4, 0.5) is 4.39 Å². The number of nitrogens with zero attached hydrogens (tertiary/aromatic N) is 4. The van der Waals surface area contributed by atoms with Crippen molar-refractivity contribution in [2.24, 2.45) is 0 Å². The molecule has 0 aliphatic carbocycles. The average Bonchev–Trinajstić information content (AvgIpc) is 2.91. The third kappa shape index (κ3) is 3.37. The van der Waals surface area contributed by atoms with E-state index in [4.69, 9.17) is 4.74 Å². The van der Waals surface area contributed by atoms with Gasteiger partial charge in [0.1, 0.15) is 6.54 Å². The highest BCUT2D eigenvalue weighted by molar-refractivity contribution is 5.75. The fourth-order valence-electron chi connectivity index (χ4n) is 2.49. The number of hydrogen-bond donors (Lipinski definition) is 0. The van der Waals surface area contributed by atoms with Crippen molar-refractivity contribution in [2.75, 3.05) is 14.2 Å². The summed E-state index contributed by atoms with van der Waals surface area (Å²) in [7, 11) is 2.98. The molecule has 3 rings (SSSR count). The third-order valence-electron chi connectivity index (χ3n) is 3.84. The van der Waals surface area contributed by atoms with Crippen LogP contribution in [0, 0.1) is 5.82 Å². The molecule has 0 N–H and O–H groups in total. The van der Waals surface area contributed by atoms with Gasteiger partial charge in [-0.25, -0.2) is 13.9 Å². The zero-order chi connectivity index (χ0) is 18.0. The number of benzene rings is 1. The molecule has 0 bridgehead atoms. The number of methoxy groups -OCH3 is 1. The number of carbonyl (C=O) groups is 1. The van der Waals surface area contributed by atoms with Gasteiger partial charge < -0.3 is 9.64 Å². The first-order chi connectivity index (χ1) is 12.0. The molecule has 130 valence electrons. The zero-order valence-corrected chi connectivity index (χ0v) is 13.8. The first-order valence-electron chi connectivity index (χ1n) is 7.60. The summed E-state index contributed by atoms with van der Waals surface area (Å²) < 4.78 is 21.1. The van der Waals surface area contributed by atoms with E-state index in [1.54, 1.807) is 37.5 Å². The predicted molar refractivity (Wildman–Crippen MR) is 88.9 cm³/mol. The van der Waals surface area contributed by atoms with Gasteiger partial charge in [0.25, 0.3) is 0 Å². The smallest absolute Gasteiger partial charge is 0.350 e. The summed E-state index contributed by atoms with van der Waals surface area (Å²) in [6, 6.07) is 9.68. The van der Waals surface area contributed by atoms with Crippen LogP contribution in [-0.4, -0.2) is 39.1 Å². The predicted octanol–water partition coefficient (Wildman–Crippen LogP) is 1.30. The van der Waals surface area contributed by atoms with Crippen LogP contribution in [0.15, 0.2) is 47.4 Å². The Bertz CT molecular complexity index is 979. The van der Waals surface area contributed by atoms with E-state index in [0.29, 0.717) is 11.2 Å². The molecule has 1 aromatic carbocycles. The lowest BCUT2D eigenvalue weighted by Gasteiger charge is -2.17. The maximum Gasteiger partial charge on any atom is 0.350 e. The molecule has 7 nitrogen and oxygen atoms in total. The van der Waals surface area contributed by atoms with Crippen molar-refractivity contribution in [3.63, 3.8) is 0 Å². The van der Waals surface area contributed by atoms with Gasteiger partial charge in [0, 0.05) is 19.8 Å². The van der Waals surface area contributed by atoms with Crippen LogP contribution >= 0.6 is 0 Å². The lowest BCUT2D eigenvalue weighted by Crippen LogP contribution is -2.34. The van der Waals surface area contributed by atoms with Crippen LogP contribution in [-0.2, 0) is 17.9 Å². The molecule has 25 heavy (non-hydrogen) atoms. The van der Waals surface area contributed by atoms with Crippen LogP contribution in [0.25, 0.3) is 5.65 Å². The van der Waals surface area contributed by atoms with Gasteiger partial charge in [0.05, 0.1) is 7.11 Å². The number of halogens is 1. The summed E-state index contributed by atoms with van der Waals surface area (Å²) in [5.41, 5.74) is 0.713. The van der Waals surface area contributed by atoms with Crippen molar-refractivity contribution in [3.8, 4) is 5.75 Å².